The van der Waals surface area contributed by atoms with Gasteiger partial charge in [0, 0.05) is 25.7 Å². The lowest BCUT2D eigenvalue weighted by Gasteiger charge is -2.16. The number of carbonyl (C=O) groups is 2. The van der Waals surface area contributed by atoms with Crippen LogP contribution < -0.4 is 5.73 Å². The number of aliphatic carboxylic acids is 1. The molecule has 0 spiro atoms. The van der Waals surface area contributed by atoms with E-state index in [4.69, 9.17) is 10.8 Å². The molecule has 0 aliphatic heterocycles. The molecule has 0 atom stereocenters. The molecule has 1 aromatic heterocycles. The number of hydrogen-bond donors (Lipinski definition) is 2. The minimum absolute atomic E-state index is 0.0672. The minimum atomic E-state index is -0.851. The first-order chi connectivity index (χ1) is 8.49. The maximum atomic E-state index is 11.8. The molecule has 18 heavy (non-hydrogen) atoms. The zero-order chi connectivity index (χ0) is 13.5. The van der Waals surface area contributed by atoms with Crippen molar-refractivity contribution in [1.29, 1.82) is 0 Å². The van der Waals surface area contributed by atoms with Crippen molar-refractivity contribution in [3.05, 3.63) is 24.0 Å². The van der Waals surface area contributed by atoms with Crippen LogP contribution >= 0.6 is 0 Å². The van der Waals surface area contributed by atoms with Crippen LogP contribution in [0.1, 0.15) is 18.5 Å². The molecule has 0 radical (unpaired) electrons. The van der Waals surface area contributed by atoms with E-state index in [0.717, 1.165) is 0 Å². The Morgan fingerprint density at radius 1 is 1.44 bits per heavy atom. The molecular formula is C12H17N3O3. The van der Waals surface area contributed by atoms with Crippen LogP contribution in [0.2, 0.25) is 0 Å². The van der Waals surface area contributed by atoms with Crippen LogP contribution in [-0.4, -0.2) is 40.5 Å². The number of hydrogen-bond acceptors (Lipinski definition) is 4. The van der Waals surface area contributed by atoms with E-state index in [1.807, 2.05) is 0 Å². The highest BCUT2D eigenvalue weighted by molar-refractivity contribution is 5.78. The van der Waals surface area contributed by atoms with E-state index in [1.165, 1.54) is 11.1 Å². The molecule has 3 N–H and O–H groups in total. The standard InChI is InChI=1S/C12H17N3O3/c1-15(6-2-3-12(17)18)11(16)7-10-5-4-9(13)8-14-10/h4-5,8H,2-3,6-7,13H2,1H3,(H,17,18). The summed E-state index contributed by atoms with van der Waals surface area (Å²) < 4.78 is 0. The third kappa shape index (κ3) is 4.82. The summed E-state index contributed by atoms with van der Waals surface area (Å²) in [4.78, 5) is 27.7. The summed E-state index contributed by atoms with van der Waals surface area (Å²) >= 11 is 0. The van der Waals surface area contributed by atoms with Gasteiger partial charge in [0.1, 0.15) is 0 Å². The predicted octanol–water partition coefficient (Wildman–Crippen LogP) is 0.529. The topological polar surface area (TPSA) is 96.5 Å². The van der Waals surface area contributed by atoms with E-state index in [2.05, 4.69) is 4.98 Å². The fourth-order valence-electron chi connectivity index (χ4n) is 1.42. The molecule has 1 amide bonds. The number of carbonyl (C=O) groups excluding carboxylic acids is 1. The van der Waals surface area contributed by atoms with Crippen molar-refractivity contribution in [3.63, 3.8) is 0 Å². The SMILES string of the molecule is CN(CCCC(=O)O)C(=O)Cc1ccc(N)cn1. The molecule has 0 saturated heterocycles. The van der Waals surface area contributed by atoms with Crippen molar-refractivity contribution in [2.45, 2.75) is 19.3 Å². The van der Waals surface area contributed by atoms with Gasteiger partial charge in [-0.1, -0.05) is 0 Å². The number of carboxylic acids is 1. The molecule has 6 nitrogen and oxygen atoms in total. The summed E-state index contributed by atoms with van der Waals surface area (Å²) in [6.07, 6.45) is 2.22. The second-order valence-corrected chi connectivity index (χ2v) is 4.07. The second-order valence-electron chi connectivity index (χ2n) is 4.07. The average Bonchev–Trinajstić information content (AvgIpc) is 2.31. The van der Waals surface area contributed by atoms with Gasteiger partial charge in [-0.3, -0.25) is 14.6 Å². The highest BCUT2D eigenvalue weighted by Gasteiger charge is 2.10. The Bertz CT molecular complexity index is 417. The van der Waals surface area contributed by atoms with Crippen LogP contribution in [0.3, 0.4) is 0 Å². The second kappa shape index (κ2) is 6.58. The van der Waals surface area contributed by atoms with Gasteiger partial charge < -0.3 is 15.7 Å². The van der Waals surface area contributed by atoms with Crippen LogP contribution in [0.5, 0.6) is 0 Å². The number of nitrogen functional groups attached to an aromatic ring is 1. The monoisotopic (exact) mass is 251 g/mol. The molecule has 98 valence electrons. The number of rotatable bonds is 6. The first-order valence-corrected chi connectivity index (χ1v) is 5.65. The molecule has 0 unspecified atom stereocenters. The quantitative estimate of drug-likeness (QED) is 0.768. The van der Waals surface area contributed by atoms with Gasteiger partial charge in [0.25, 0.3) is 0 Å². The summed E-state index contributed by atoms with van der Waals surface area (Å²) in [7, 11) is 1.65. The van der Waals surface area contributed by atoms with Crippen LogP contribution in [-0.2, 0) is 16.0 Å². The van der Waals surface area contributed by atoms with E-state index in [9.17, 15) is 9.59 Å². The normalized spacial score (nSPS) is 10.1. The van der Waals surface area contributed by atoms with Gasteiger partial charge in [-0.15, -0.1) is 0 Å². The van der Waals surface area contributed by atoms with Gasteiger partial charge in [0.2, 0.25) is 5.91 Å². The molecule has 0 saturated carbocycles. The Labute approximate surface area is 105 Å². The Morgan fingerprint density at radius 3 is 2.72 bits per heavy atom. The number of nitrogens with zero attached hydrogens (tertiary/aromatic N) is 2. The highest BCUT2D eigenvalue weighted by Crippen LogP contribution is 2.04. The Morgan fingerprint density at radius 2 is 2.17 bits per heavy atom. The number of nitrogens with two attached hydrogens (primary N) is 1. The lowest BCUT2D eigenvalue weighted by molar-refractivity contribution is -0.138. The maximum absolute atomic E-state index is 11.8. The molecule has 0 aliphatic carbocycles. The molecule has 0 aliphatic rings. The molecule has 0 fully saturated rings. The molecule has 6 heteroatoms. The largest absolute Gasteiger partial charge is 0.481 e. The van der Waals surface area contributed by atoms with Crippen LogP contribution in [0.15, 0.2) is 18.3 Å². The third-order valence-electron chi connectivity index (χ3n) is 2.49. The number of likely N-dealkylation sites (N-methyl/N-ethyl adjacent to an activating group) is 1. The minimum Gasteiger partial charge on any atom is -0.481 e. The molecule has 0 aromatic carbocycles. The fraction of sp³-hybridized carbons (Fsp3) is 0.417. The van der Waals surface area contributed by atoms with Crippen LogP contribution in [0, 0.1) is 0 Å². The molecule has 0 bridgehead atoms. The van der Waals surface area contributed by atoms with Crippen molar-refractivity contribution in [1.82, 2.24) is 9.88 Å². The van der Waals surface area contributed by atoms with Gasteiger partial charge in [-0.25, -0.2) is 0 Å². The molecule has 1 aromatic rings. The number of carboxylic acid groups (broad SMARTS) is 1. The summed E-state index contributed by atoms with van der Waals surface area (Å²) in [6, 6.07) is 3.40. The van der Waals surface area contributed by atoms with Gasteiger partial charge in [-0.2, -0.15) is 0 Å². The van der Waals surface area contributed by atoms with Crippen molar-refractivity contribution in [3.8, 4) is 0 Å². The fourth-order valence-corrected chi connectivity index (χ4v) is 1.42. The van der Waals surface area contributed by atoms with Crippen molar-refractivity contribution in [2.24, 2.45) is 0 Å². The van der Waals surface area contributed by atoms with E-state index < -0.39 is 5.97 Å². The summed E-state index contributed by atoms with van der Waals surface area (Å²) in [5.74, 6) is -0.936. The van der Waals surface area contributed by atoms with Gasteiger partial charge in [-0.05, 0) is 18.6 Å². The summed E-state index contributed by atoms with van der Waals surface area (Å²) in [6.45, 7) is 0.431. The summed E-state index contributed by atoms with van der Waals surface area (Å²) in [5.41, 5.74) is 6.71. The van der Waals surface area contributed by atoms with Gasteiger partial charge in [0.15, 0.2) is 0 Å². The lowest BCUT2D eigenvalue weighted by atomic mass is 10.2. The number of amides is 1. The van der Waals surface area contributed by atoms with Crippen LogP contribution in [0.25, 0.3) is 0 Å². The van der Waals surface area contributed by atoms with Crippen molar-refractivity contribution >= 4 is 17.6 Å². The van der Waals surface area contributed by atoms with Gasteiger partial charge in [0.05, 0.1) is 18.3 Å². The smallest absolute Gasteiger partial charge is 0.303 e. The summed E-state index contributed by atoms with van der Waals surface area (Å²) in [5, 5.41) is 8.50. The van der Waals surface area contributed by atoms with Crippen LogP contribution in [0.4, 0.5) is 5.69 Å². The predicted molar refractivity (Wildman–Crippen MR) is 66.9 cm³/mol. The third-order valence-corrected chi connectivity index (χ3v) is 2.49. The van der Waals surface area contributed by atoms with E-state index >= 15 is 0 Å². The molecule has 1 heterocycles. The van der Waals surface area contributed by atoms with Gasteiger partial charge >= 0.3 is 5.97 Å². The zero-order valence-corrected chi connectivity index (χ0v) is 10.3. The highest BCUT2D eigenvalue weighted by atomic mass is 16.4. The zero-order valence-electron chi connectivity index (χ0n) is 10.3. The first kappa shape index (κ1) is 14.0. The first-order valence-electron chi connectivity index (χ1n) is 5.65. The van der Waals surface area contributed by atoms with Crippen molar-refractivity contribution in [2.75, 3.05) is 19.3 Å². The number of pyridine rings is 1. The average molecular weight is 251 g/mol. The number of aromatic nitrogens is 1. The molecular weight excluding hydrogens is 234 g/mol. The maximum Gasteiger partial charge on any atom is 0.303 e. The number of anilines is 1. The van der Waals surface area contributed by atoms with E-state index in [1.54, 1.807) is 19.2 Å². The Hall–Kier alpha value is -2.11. The van der Waals surface area contributed by atoms with E-state index in [-0.39, 0.29) is 18.7 Å². The van der Waals surface area contributed by atoms with E-state index in [0.29, 0.717) is 24.3 Å². The molecule has 1 rings (SSSR count). The lowest BCUT2D eigenvalue weighted by Crippen LogP contribution is -2.29. The Kier molecular flexibility index (Phi) is 5.10. The Balaban J connectivity index is 2.39. The van der Waals surface area contributed by atoms with Crippen molar-refractivity contribution < 1.29 is 14.7 Å².